The van der Waals surface area contributed by atoms with Crippen molar-refractivity contribution >= 4 is 28.1 Å². The third-order valence-electron chi connectivity index (χ3n) is 4.58. The number of aryl methyl sites for hydroxylation is 1. The molecular weight excluding hydrogens is 472 g/mol. The molecule has 0 aromatic heterocycles. The van der Waals surface area contributed by atoms with E-state index in [2.05, 4.69) is 33.4 Å². The summed E-state index contributed by atoms with van der Waals surface area (Å²) in [5.41, 5.74) is 5.46. The smallest absolute Gasteiger partial charge is 0.277 e. The maximum Gasteiger partial charge on any atom is 0.277 e. The Bertz CT molecular complexity index is 1050. The predicted octanol–water partition coefficient (Wildman–Crippen LogP) is 5.13. The standard InChI is InChI=1S/C25H25BrN2O4/c1-3-18-9-11-21(12-10-18)31-17-24(29)28-27-15-20-13-22(26)25(23(14-20)30-2)32-16-19-7-5-4-6-8-19/h4-15H,3,16-17H2,1-2H3,(H,28,29)/b27-15+. The van der Waals surface area contributed by atoms with Crippen LogP contribution in [0.25, 0.3) is 0 Å². The number of nitrogens with one attached hydrogen (secondary N) is 1. The highest BCUT2D eigenvalue weighted by Crippen LogP contribution is 2.36. The molecule has 0 bridgehead atoms. The first-order chi connectivity index (χ1) is 15.6. The Kier molecular flexibility index (Phi) is 8.69. The molecule has 0 saturated heterocycles. The molecule has 0 aliphatic heterocycles. The molecule has 0 fully saturated rings. The van der Waals surface area contributed by atoms with Crippen molar-refractivity contribution < 1.29 is 19.0 Å². The number of nitrogens with zero attached hydrogens (tertiary/aromatic N) is 1. The molecule has 3 rings (SSSR count). The Morgan fingerprint density at radius 1 is 1.03 bits per heavy atom. The van der Waals surface area contributed by atoms with Gasteiger partial charge in [0, 0.05) is 0 Å². The van der Waals surface area contributed by atoms with Crippen LogP contribution >= 0.6 is 15.9 Å². The molecule has 166 valence electrons. The van der Waals surface area contributed by atoms with Crippen LogP contribution in [0.5, 0.6) is 17.2 Å². The summed E-state index contributed by atoms with van der Waals surface area (Å²) in [5, 5.41) is 4.00. The highest BCUT2D eigenvalue weighted by Gasteiger charge is 2.11. The number of halogens is 1. The van der Waals surface area contributed by atoms with Gasteiger partial charge < -0.3 is 14.2 Å². The van der Waals surface area contributed by atoms with Gasteiger partial charge in [0.05, 0.1) is 17.8 Å². The molecule has 0 unspecified atom stereocenters. The summed E-state index contributed by atoms with van der Waals surface area (Å²) < 4.78 is 17.6. The summed E-state index contributed by atoms with van der Waals surface area (Å²) in [7, 11) is 1.57. The van der Waals surface area contributed by atoms with Crippen LogP contribution in [-0.4, -0.2) is 25.8 Å². The van der Waals surface area contributed by atoms with Crippen LogP contribution in [0.3, 0.4) is 0 Å². The molecule has 0 heterocycles. The molecule has 1 N–H and O–H groups in total. The number of carbonyl (C=O) groups is 1. The van der Waals surface area contributed by atoms with Crippen molar-refractivity contribution in [3.05, 3.63) is 87.9 Å². The third kappa shape index (κ3) is 6.85. The molecule has 0 aliphatic rings. The van der Waals surface area contributed by atoms with Crippen LogP contribution in [0.4, 0.5) is 0 Å². The first kappa shape index (κ1) is 23.3. The molecule has 0 aliphatic carbocycles. The zero-order chi connectivity index (χ0) is 22.8. The van der Waals surface area contributed by atoms with Crippen LogP contribution in [0.2, 0.25) is 0 Å². The van der Waals surface area contributed by atoms with Crippen molar-refractivity contribution in [1.29, 1.82) is 0 Å². The number of carbonyl (C=O) groups excluding carboxylic acids is 1. The highest BCUT2D eigenvalue weighted by atomic mass is 79.9. The number of amides is 1. The fourth-order valence-electron chi connectivity index (χ4n) is 2.87. The summed E-state index contributed by atoms with van der Waals surface area (Å²) in [4.78, 5) is 12.0. The lowest BCUT2D eigenvalue weighted by Gasteiger charge is -2.13. The molecule has 0 spiro atoms. The van der Waals surface area contributed by atoms with Gasteiger partial charge in [-0.3, -0.25) is 4.79 Å². The van der Waals surface area contributed by atoms with Crippen molar-refractivity contribution in [1.82, 2.24) is 5.43 Å². The Morgan fingerprint density at radius 3 is 2.47 bits per heavy atom. The molecule has 1 amide bonds. The van der Waals surface area contributed by atoms with E-state index in [0.29, 0.717) is 23.9 Å². The van der Waals surface area contributed by atoms with Gasteiger partial charge in [0.2, 0.25) is 0 Å². The lowest BCUT2D eigenvalue weighted by atomic mass is 10.2. The summed E-state index contributed by atoms with van der Waals surface area (Å²) in [6, 6.07) is 21.1. The molecular formula is C25H25BrN2O4. The maximum absolute atomic E-state index is 12.0. The first-order valence-corrected chi connectivity index (χ1v) is 11.0. The highest BCUT2D eigenvalue weighted by molar-refractivity contribution is 9.10. The van der Waals surface area contributed by atoms with Crippen LogP contribution in [-0.2, 0) is 17.8 Å². The topological polar surface area (TPSA) is 69.2 Å². The van der Waals surface area contributed by atoms with E-state index in [1.807, 2.05) is 60.7 Å². The molecule has 7 heteroatoms. The quantitative estimate of drug-likeness (QED) is 0.312. The molecule has 3 aromatic rings. The molecule has 3 aromatic carbocycles. The average Bonchev–Trinajstić information content (AvgIpc) is 2.82. The number of hydrazone groups is 1. The Labute approximate surface area is 196 Å². The van der Waals surface area contributed by atoms with Crippen LogP contribution < -0.4 is 19.6 Å². The SMILES string of the molecule is CCc1ccc(OCC(=O)N/N=C/c2cc(Br)c(OCc3ccccc3)c(OC)c2)cc1. The largest absolute Gasteiger partial charge is 0.493 e. The van der Waals surface area contributed by atoms with E-state index in [9.17, 15) is 4.79 Å². The number of hydrogen-bond donors (Lipinski definition) is 1. The number of hydrogen-bond acceptors (Lipinski definition) is 5. The van der Waals surface area contributed by atoms with Crippen LogP contribution in [0.1, 0.15) is 23.6 Å². The Balaban J connectivity index is 1.55. The lowest BCUT2D eigenvalue weighted by molar-refractivity contribution is -0.123. The van der Waals surface area contributed by atoms with Gasteiger partial charge >= 0.3 is 0 Å². The maximum atomic E-state index is 12.0. The van der Waals surface area contributed by atoms with Crippen molar-refractivity contribution in [3.8, 4) is 17.2 Å². The lowest BCUT2D eigenvalue weighted by Crippen LogP contribution is -2.24. The van der Waals surface area contributed by atoms with E-state index >= 15 is 0 Å². The second-order valence-corrected chi connectivity index (χ2v) is 7.74. The van der Waals surface area contributed by atoms with Crippen molar-refractivity contribution in [3.63, 3.8) is 0 Å². The number of rotatable bonds is 10. The fourth-order valence-corrected chi connectivity index (χ4v) is 3.44. The molecule has 32 heavy (non-hydrogen) atoms. The van der Waals surface area contributed by atoms with Crippen LogP contribution in [0.15, 0.2) is 76.3 Å². The third-order valence-corrected chi connectivity index (χ3v) is 5.17. The first-order valence-electron chi connectivity index (χ1n) is 10.2. The minimum atomic E-state index is -0.352. The minimum absolute atomic E-state index is 0.123. The summed E-state index contributed by atoms with van der Waals surface area (Å²) in [6.07, 6.45) is 2.48. The van der Waals surface area contributed by atoms with E-state index in [-0.39, 0.29) is 12.5 Å². The molecule has 0 radical (unpaired) electrons. The molecule has 0 atom stereocenters. The summed E-state index contributed by atoms with van der Waals surface area (Å²) >= 11 is 3.52. The normalized spacial score (nSPS) is 10.7. The summed E-state index contributed by atoms with van der Waals surface area (Å²) in [6.45, 7) is 2.38. The zero-order valence-corrected chi connectivity index (χ0v) is 19.6. The predicted molar refractivity (Wildman–Crippen MR) is 129 cm³/mol. The number of ether oxygens (including phenoxy) is 3. The zero-order valence-electron chi connectivity index (χ0n) is 18.0. The van der Waals surface area contributed by atoms with Gasteiger partial charge in [-0.05, 0) is 63.3 Å². The minimum Gasteiger partial charge on any atom is -0.493 e. The van der Waals surface area contributed by atoms with Gasteiger partial charge in [-0.1, -0.05) is 49.4 Å². The van der Waals surface area contributed by atoms with Gasteiger partial charge in [0.1, 0.15) is 12.4 Å². The van der Waals surface area contributed by atoms with Gasteiger partial charge in [0.25, 0.3) is 5.91 Å². The second-order valence-electron chi connectivity index (χ2n) is 6.89. The van der Waals surface area contributed by atoms with E-state index in [4.69, 9.17) is 14.2 Å². The van der Waals surface area contributed by atoms with Gasteiger partial charge in [-0.15, -0.1) is 0 Å². The van der Waals surface area contributed by atoms with Gasteiger partial charge in [-0.25, -0.2) is 5.43 Å². The second kappa shape index (κ2) is 11.9. The van der Waals surface area contributed by atoms with Crippen LogP contribution in [0, 0.1) is 0 Å². The van der Waals surface area contributed by atoms with E-state index in [1.54, 1.807) is 13.2 Å². The van der Waals surface area contributed by atoms with E-state index in [0.717, 1.165) is 22.0 Å². The van der Waals surface area contributed by atoms with E-state index in [1.165, 1.54) is 11.8 Å². The van der Waals surface area contributed by atoms with Gasteiger partial charge in [-0.2, -0.15) is 5.10 Å². The average molecular weight is 497 g/mol. The molecule has 0 saturated carbocycles. The molecule has 6 nitrogen and oxygen atoms in total. The van der Waals surface area contributed by atoms with Crippen molar-refractivity contribution in [2.45, 2.75) is 20.0 Å². The monoisotopic (exact) mass is 496 g/mol. The Morgan fingerprint density at radius 2 is 1.78 bits per heavy atom. The Hall–Kier alpha value is -3.32. The van der Waals surface area contributed by atoms with Crippen molar-refractivity contribution in [2.24, 2.45) is 5.10 Å². The number of methoxy groups -OCH3 is 1. The summed E-state index contributed by atoms with van der Waals surface area (Å²) in [5.74, 6) is 1.44. The van der Waals surface area contributed by atoms with Gasteiger partial charge in [0.15, 0.2) is 18.1 Å². The van der Waals surface area contributed by atoms with E-state index < -0.39 is 0 Å². The number of benzene rings is 3. The fraction of sp³-hybridized carbons (Fsp3) is 0.200. The van der Waals surface area contributed by atoms with Crippen molar-refractivity contribution in [2.75, 3.05) is 13.7 Å².